The summed E-state index contributed by atoms with van der Waals surface area (Å²) in [7, 11) is -3.49. The second kappa shape index (κ2) is 8.70. The molecule has 4 rings (SSSR count). The summed E-state index contributed by atoms with van der Waals surface area (Å²) < 4.78 is 65.1. The maximum absolute atomic E-state index is 12.7. The number of hydrogen-bond acceptors (Lipinski definition) is 5. The van der Waals surface area contributed by atoms with E-state index in [4.69, 9.17) is 0 Å². The normalized spacial score (nSPS) is 16.5. The van der Waals surface area contributed by atoms with Crippen LogP contribution in [0.4, 0.5) is 13.2 Å². The van der Waals surface area contributed by atoms with Crippen molar-refractivity contribution in [2.75, 3.05) is 26.2 Å². The number of halogens is 3. The highest BCUT2D eigenvalue weighted by atomic mass is 32.2. The number of thiazole rings is 1. The Morgan fingerprint density at radius 2 is 1.58 bits per heavy atom. The SMILES string of the molecule is O=S(=O)(c1ccccc1)N1CCN(Cc2csc(-c3ccc(C(F)(F)F)cc3)n2)CC1. The summed E-state index contributed by atoms with van der Waals surface area (Å²) in [6.07, 6.45) is -4.36. The highest BCUT2D eigenvalue weighted by Gasteiger charge is 2.30. The van der Waals surface area contributed by atoms with Gasteiger partial charge in [0.05, 0.1) is 16.2 Å². The summed E-state index contributed by atoms with van der Waals surface area (Å²) in [6.45, 7) is 2.52. The highest BCUT2D eigenvalue weighted by Crippen LogP contribution is 2.32. The molecule has 1 aliphatic heterocycles. The third-order valence-corrected chi connectivity index (χ3v) is 7.96. The Balaban J connectivity index is 1.36. The summed E-state index contributed by atoms with van der Waals surface area (Å²) in [6, 6.07) is 13.4. The molecular formula is C21H20F3N3O2S2. The van der Waals surface area contributed by atoms with Crippen molar-refractivity contribution >= 4 is 21.4 Å². The Bertz CT molecular complexity index is 1120. The van der Waals surface area contributed by atoms with Gasteiger partial charge in [-0.1, -0.05) is 30.3 Å². The maximum Gasteiger partial charge on any atom is 0.416 e. The van der Waals surface area contributed by atoms with Crippen LogP contribution < -0.4 is 0 Å². The van der Waals surface area contributed by atoms with Crippen LogP contribution in [0.2, 0.25) is 0 Å². The monoisotopic (exact) mass is 467 g/mol. The Kier molecular flexibility index (Phi) is 6.16. The lowest BCUT2D eigenvalue weighted by atomic mass is 10.1. The van der Waals surface area contributed by atoms with E-state index in [9.17, 15) is 21.6 Å². The lowest BCUT2D eigenvalue weighted by Crippen LogP contribution is -2.48. The van der Waals surface area contributed by atoms with E-state index < -0.39 is 21.8 Å². The van der Waals surface area contributed by atoms with Gasteiger partial charge in [-0.3, -0.25) is 4.90 Å². The molecular weight excluding hydrogens is 447 g/mol. The summed E-state index contributed by atoms with van der Waals surface area (Å²) >= 11 is 1.38. The molecule has 1 fully saturated rings. The molecule has 0 atom stereocenters. The van der Waals surface area contributed by atoms with E-state index in [1.54, 1.807) is 30.3 Å². The predicted molar refractivity (Wildman–Crippen MR) is 113 cm³/mol. The van der Waals surface area contributed by atoms with Crippen LogP contribution in [0.5, 0.6) is 0 Å². The van der Waals surface area contributed by atoms with Crippen molar-refractivity contribution < 1.29 is 21.6 Å². The van der Waals surface area contributed by atoms with Crippen molar-refractivity contribution in [2.45, 2.75) is 17.6 Å². The fourth-order valence-corrected chi connectivity index (χ4v) is 5.67. The topological polar surface area (TPSA) is 53.5 Å². The lowest BCUT2D eigenvalue weighted by molar-refractivity contribution is -0.137. The Hall–Kier alpha value is -2.27. The zero-order chi connectivity index (χ0) is 22.1. The molecule has 164 valence electrons. The highest BCUT2D eigenvalue weighted by molar-refractivity contribution is 7.89. The van der Waals surface area contributed by atoms with E-state index in [0.29, 0.717) is 48.2 Å². The standard InChI is InChI=1S/C21H20F3N3O2S2/c22-21(23,24)17-8-6-16(7-9-17)20-25-18(15-30-20)14-26-10-12-27(13-11-26)31(28,29)19-4-2-1-3-5-19/h1-9,15H,10-14H2. The van der Waals surface area contributed by atoms with Crippen molar-refractivity contribution in [1.82, 2.24) is 14.2 Å². The first kappa shape index (κ1) is 21.9. The van der Waals surface area contributed by atoms with Crippen LogP contribution in [0.15, 0.2) is 64.9 Å². The van der Waals surface area contributed by atoms with Crippen LogP contribution in [0.3, 0.4) is 0 Å². The number of piperazine rings is 1. The van der Waals surface area contributed by atoms with Gasteiger partial charge in [0.25, 0.3) is 0 Å². The van der Waals surface area contributed by atoms with E-state index in [1.165, 1.54) is 27.8 Å². The molecule has 1 saturated heterocycles. The summed E-state index contributed by atoms with van der Waals surface area (Å²) in [5.41, 5.74) is 0.777. The first-order valence-electron chi connectivity index (χ1n) is 9.63. The minimum Gasteiger partial charge on any atom is -0.295 e. The third kappa shape index (κ3) is 4.98. The van der Waals surface area contributed by atoms with Crippen molar-refractivity contribution in [2.24, 2.45) is 0 Å². The molecule has 0 aliphatic carbocycles. The molecule has 3 aromatic rings. The number of aromatic nitrogens is 1. The molecule has 2 heterocycles. The zero-order valence-electron chi connectivity index (χ0n) is 16.4. The Morgan fingerprint density at radius 1 is 0.935 bits per heavy atom. The zero-order valence-corrected chi connectivity index (χ0v) is 18.1. The molecule has 1 aliphatic rings. The van der Waals surface area contributed by atoms with Crippen molar-refractivity contribution in [3.05, 3.63) is 71.2 Å². The molecule has 1 aromatic heterocycles. The van der Waals surface area contributed by atoms with Crippen LogP contribution in [0.1, 0.15) is 11.3 Å². The number of nitrogens with zero attached hydrogens (tertiary/aromatic N) is 3. The van der Waals surface area contributed by atoms with Crippen molar-refractivity contribution in [1.29, 1.82) is 0 Å². The number of rotatable bonds is 5. The average Bonchev–Trinajstić information content (AvgIpc) is 3.23. The van der Waals surface area contributed by atoms with E-state index in [0.717, 1.165) is 17.8 Å². The summed E-state index contributed by atoms with van der Waals surface area (Å²) in [5, 5.41) is 2.55. The van der Waals surface area contributed by atoms with Crippen LogP contribution in [-0.2, 0) is 22.7 Å². The summed E-state index contributed by atoms with van der Waals surface area (Å²) in [4.78, 5) is 6.97. The molecule has 0 radical (unpaired) electrons. The fourth-order valence-electron chi connectivity index (χ4n) is 3.41. The smallest absolute Gasteiger partial charge is 0.295 e. The minimum atomic E-state index is -4.36. The first-order valence-corrected chi connectivity index (χ1v) is 11.9. The van der Waals surface area contributed by atoms with Gasteiger partial charge in [0.15, 0.2) is 0 Å². The van der Waals surface area contributed by atoms with E-state index in [2.05, 4.69) is 9.88 Å². The molecule has 0 bridgehead atoms. The molecule has 0 N–H and O–H groups in total. The largest absolute Gasteiger partial charge is 0.416 e. The van der Waals surface area contributed by atoms with Gasteiger partial charge in [0.2, 0.25) is 10.0 Å². The van der Waals surface area contributed by atoms with E-state index in [1.807, 2.05) is 5.38 Å². The number of alkyl halides is 3. The second-order valence-electron chi connectivity index (χ2n) is 7.21. The third-order valence-electron chi connectivity index (χ3n) is 5.11. The molecule has 0 amide bonds. The lowest BCUT2D eigenvalue weighted by Gasteiger charge is -2.33. The predicted octanol–water partition coefficient (Wildman–Crippen LogP) is 4.34. The van der Waals surface area contributed by atoms with Gasteiger partial charge in [-0.2, -0.15) is 17.5 Å². The molecule has 0 spiro atoms. The minimum absolute atomic E-state index is 0.295. The van der Waals surface area contributed by atoms with Gasteiger partial charge in [0, 0.05) is 43.7 Å². The average molecular weight is 468 g/mol. The van der Waals surface area contributed by atoms with Gasteiger partial charge in [0.1, 0.15) is 5.01 Å². The van der Waals surface area contributed by atoms with Crippen molar-refractivity contribution in [3.63, 3.8) is 0 Å². The van der Waals surface area contributed by atoms with Crippen LogP contribution >= 0.6 is 11.3 Å². The van der Waals surface area contributed by atoms with Crippen LogP contribution in [0.25, 0.3) is 10.6 Å². The number of sulfonamides is 1. The fraction of sp³-hybridized carbons (Fsp3) is 0.286. The molecule has 2 aromatic carbocycles. The van der Waals surface area contributed by atoms with Crippen LogP contribution in [-0.4, -0.2) is 48.8 Å². The van der Waals surface area contributed by atoms with Gasteiger partial charge in [-0.25, -0.2) is 13.4 Å². The molecule has 31 heavy (non-hydrogen) atoms. The van der Waals surface area contributed by atoms with E-state index >= 15 is 0 Å². The van der Waals surface area contributed by atoms with E-state index in [-0.39, 0.29) is 0 Å². The van der Waals surface area contributed by atoms with Gasteiger partial charge in [-0.05, 0) is 24.3 Å². The molecule has 5 nitrogen and oxygen atoms in total. The first-order chi connectivity index (χ1) is 14.7. The van der Waals surface area contributed by atoms with Gasteiger partial charge < -0.3 is 0 Å². The quantitative estimate of drug-likeness (QED) is 0.560. The second-order valence-corrected chi connectivity index (χ2v) is 10.0. The van der Waals surface area contributed by atoms with Gasteiger partial charge >= 0.3 is 6.18 Å². The summed E-state index contributed by atoms with van der Waals surface area (Å²) in [5.74, 6) is 0. The molecule has 0 saturated carbocycles. The number of hydrogen-bond donors (Lipinski definition) is 0. The maximum atomic E-state index is 12.7. The Morgan fingerprint density at radius 3 is 2.19 bits per heavy atom. The molecule has 10 heteroatoms. The van der Waals surface area contributed by atoms with Crippen LogP contribution in [0, 0.1) is 0 Å². The number of benzene rings is 2. The Labute approximate surface area is 182 Å². The molecule has 0 unspecified atom stereocenters. The van der Waals surface area contributed by atoms with Gasteiger partial charge in [-0.15, -0.1) is 11.3 Å². The van der Waals surface area contributed by atoms with Crippen molar-refractivity contribution in [3.8, 4) is 10.6 Å².